The molecule has 0 radical (unpaired) electrons. The molecule has 1 aliphatic carbocycles. The second-order valence-electron chi connectivity index (χ2n) is 6.19. The van der Waals surface area contributed by atoms with Gasteiger partial charge in [-0.05, 0) is 45.1 Å². The zero-order valence-corrected chi connectivity index (χ0v) is 14.3. The predicted octanol–water partition coefficient (Wildman–Crippen LogP) is 2.21. The lowest BCUT2D eigenvalue weighted by molar-refractivity contribution is -0.121. The minimum Gasteiger partial charge on any atom is -0.354 e. The first-order valence-electron chi connectivity index (χ1n) is 8.58. The number of amides is 1. The third-order valence-corrected chi connectivity index (χ3v) is 4.25. The normalized spacial score (nSPS) is 14.2. The lowest BCUT2D eigenvalue weighted by atomic mass is 9.97. The molecule has 0 aliphatic heterocycles. The molecule has 1 N–H and O–H groups in total. The van der Waals surface area contributed by atoms with Crippen LogP contribution in [-0.4, -0.2) is 27.2 Å². The summed E-state index contributed by atoms with van der Waals surface area (Å²) in [6, 6.07) is 4.71. The summed E-state index contributed by atoms with van der Waals surface area (Å²) in [6.07, 6.45) is 7.87. The Kier molecular flexibility index (Phi) is 5.42. The van der Waals surface area contributed by atoms with Gasteiger partial charge < -0.3 is 9.84 Å². The fraction of sp³-hybridized carbons (Fsp3) is 0.444. The maximum absolute atomic E-state index is 12.2. The third-order valence-electron chi connectivity index (χ3n) is 4.25. The summed E-state index contributed by atoms with van der Waals surface area (Å²) < 4.78 is 6.48. The second-order valence-corrected chi connectivity index (χ2v) is 6.19. The fourth-order valence-electron chi connectivity index (χ4n) is 2.96. The number of carbonyl (C=O) groups is 1. The number of aromatic nitrogens is 3. The molecule has 3 rings (SSSR count). The molecule has 1 aliphatic rings. The van der Waals surface area contributed by atoms with Crippen molar-refractivity contribution in [2.45, 2.75) is 45.6 Å². The highest BCUT2D eigenvalue weighted by Crippen LogP contribution is 2.19. The molecule has 0 atom stereocenters. The summed E-state index contributed by atoms with van der Waals surface area (Å²) in [6.45, 7) is 2.21. The maximum atomic E-state index is 12.2. The van der Waals surface area contributed by atoms with Gasteiger partial charge in [-0.3, -0.25) is 14.2 Å². The van der Waals surface area contributed by atoms with Gasteiger partial charge in [-0.1, -0.05) is 22.9 Å². The Bertz CT molecular complexity index is 835. The molecule has 0 aromatic carbocycles. The molecule has 0 spiro atoms. The van der Waals surface area contributed by atoms with Crippen molar-refractivity contribution in [2.24, 2.45) is 0 Å². The topological polar surface area (TPSA) is 90.0 Å². The van der Waals surface area contributed by atoms with Gasteiger partial charge in [0, 0.05) is 12.6 Å². The molecule has 0 saturated heterocycles. The van der Waals surface area contributed by atoms with E-state index < -0.39 is 0 Å². The number of rotatable bonds is 6. The molecular weight excluding hydrogens is 320 g/mol. The highest BCUT2D eigenvalue weighted by atomic mass is 16.5. The molecule has 7 heteroatoms. The monoisotopic (exact) mass is 342 g/mol. The number of hydrogen-bond donors (Lipinski definition) is 1. The molecule has 2 aromatic rings. The average molecular weight is 342 g/mol. The van der Waals surface area contributed by atoms with Crippen LogP contribution in [0.1, 0.15) is 37.9 Å². The van der Waals surface area contributed by atoms with E-state index in [0.29, 0.717) is 18.1 Å². The lowest BCUT2D eigenvalue weighted by Gasteiger charge is -2.13. The van der Waals surface area contributed by atoms with Crippen LogP contribution in [0.4, 0.5) is 0 Å². The van der Waals surface area contributed by atoms with Crippen LogP contribution in [0.3, 0.4) is 0 Å². The van der Waals surface area contributed by atoms with E-state index in [-0.39, 0.29) is 23.9 Å². The summed E-state index contributed by atoms with van der Waals surface area (Å²) in [5.41, 5.74) is 1.57. The first kappa shape index (κ1) is 17.1. The van der Waals surface area contributed by atoms with Crippen molar-refractivity contribution in [1.29, 1.82) is 0 Å². The summed E-state index contributed by atoms with van der Waals surface area (Å²) in [7, 11) is 0. The van der Waals surface area contributed by atoms with Gasteiger partial charge in [0.2, 0.25) is 5.91 Å². The van der Waals surface area contributed by atoms with Crippen LogP contribution < -0.4 is 10.9 Å². The third kappa shape index (κ3) is 4.43. The smallest absolute Gasteiger partial charge is 0.274 e. The van der Waals surface area contributed by atoms with Crippen LogP contribution in [0.5, 0.6) is 0 Å². The number of hydrogen-bond acceptors (Lipinski definition) is 5. The zero-order valence-electron chi connectivity index (χ0n) is 14.3. The number of nitrogens with zero attached hydrogens (tertiary/aromatic N) is 3. The number of allylic oxidation sites excluding steroid dienone is 1. The molecule has 2 aromatic heterocycles. The first-order chi connectivity index (χ1) is 12.1. The van der Waals surface area contributed by atoms with Gasteiger partial charge in [-0.25, -0.2) is 0 Å². The van der Waals surface area contributed by atoms with Crippen molar-refractivity contribution in [2.75, 3.05) is 6.54 Å². The molecule has 25 heavy (non-hydrogen) atoms. The highest BCUT2D eigenvalue weighted by molar-refractivity contribution is 5.76. The minimum absolute atomic E-state index is 0.0739. The van der Waals surface area contributed by atoms with Gasteiger partial charge in [-0.2, -0.15) is 4.98 Å². The van der Waals surface area contributed by atoms with Crippen molar-refractivity contribution in [3.63, 3.8) is 0 Å². The molecule has 0 unspecified atom stereocenters. The van der Waals surface area contributed by atoms with E-state index in [0.717, 1.165) is 19.3 Å². The molecule has 132 valence electrons. The van der Waals surface area contributed by atoms with E-state index in [1.807, 2.05) is 0 Å². The van der Waals surface area contributed by atoms with Crippen molar-refractivity contribution < 1.29 is 9.32 Å². The van der Waals surface area contributed by atoms with Crippen LogP contribution in [0.2, 0.25) is 0 Å². The Morgan fingerprint density at radius 2 is 2.24 bits per heavy atom. The summed E-state index contributed by atoms with van der Waals surface area (Å²) in [5.74, 6) is 0.501. The van der Waals surface area contributed by atoms with E-state index >= 15 is 0 Å². The van der Waals surface area contributed by atoms with E-state index in [1.165, 1.54) is 29.0 Å². The lowest BCUT2D eigenvalue weighted by Crippen LogP contribution is -2.33. The van der Waals surface area contributed by atoms with Crippen molar-refractivity contribution in [3.8, 4) is 11.6 Å². The van der Waals surface area contributed by atoms with E-state index in [2.05, 4.69) is 21.5 Å². The molecule has 0 bridgehead atoms. The predicted molar refractivity (Wildman–Crippen MR) is 92.9 cm³/mol. The standard InChI is InChI=1S/C18H22N4O3/c1-13-20-18(25-21-13)15-8-5-9-17(24)22(15)12-16(23)19-11-10-14-6-3-2-4-7-14/h5-6,8-9H,2-4,7,10-12H2,1H3,(H,19,23). The van der Waals surface area contributed by atoms with Crippen LogP contribution in [-0.2, 0) is 11.3 Å². The summed E-state index contributed by atoms with van der Waals surface area (Å²) >= 11 is 0. The Morgan fingerprint density at radius 1 is 1.36 bits per heavy atom. The van der Waals surface area contributed by atoms with E-state index in [4.69, 9.17) is 4.52 Å². The average Bonchev–Trinajstić information content (AvgIpc) is 3.04. The van der Waals surface area contributed by atoms with Crippen molar-refractivity contribution in [3.05, 3.63) is 46.0 Å². The van der Waals surface area contributed by atoms with Crippen LogP contribution >= 0.6 is 0 Å². The molecule has 7 nitrogen and oxygen atoms in total. The van der Waals surface area contributed by atoms with Crippen LogP contribution in [0.25, 0.3) is 11.6 Å². The Balaban J connectivity index is 1.64. The Morgan fingerprint density at radius 3 is 2.96 bits per heavy atom. The van der Waals surface area contributed by atoms with Gasteiger partial charge in [0.15, 0.2) is 5.82 Å². The minimum atomic E-state index is -0.279. The molecular formula is C18H22N4O3. The van der Waals surface area contributed by atoms with E-state index in [9.17, 15) is 9.59 Å². The van der Waals surface area contributed by atoms with Gasteiger partial charge >= 0.3 is 0 Å². The summed E-state index contributed by atoms with van der Waals surface area (Å²) in [5, 5.41) is 6.62. The second kappa shape index (κ2) is 7.92. The maximum Gasteiger partial charge on any atom is 0.274 e. The van der Waals surface area contributed by atoms with Gasteiger partial charge in [-0.15, -0.1) is 0 Å². The highest BCUT2D eigenvalue weighted by Gasteiger charge is 2.15. The van der Waals surface area contributed by atoms with Gasteiger partial charge in [0.25, 0.3) is 11.4 Å². The summed E-state index contributed by atoms with van der Waals surface area (Å²) in [4.78, 5) is 28.5. The quantitative estimate of drug-likeness (QED) is 0.813. The van der Waals surface area contributed by atoms with Crippen molar-refractivity contribution in [1.82, 2.24) is 20.0 Å². The largest absolute Gasteiger partial charge is 0.354 e. The molecule has 2 heterocycles. The Labute approximate surface area is 145 Å². The number of carbonyl (C=O) groups excluding carboxylic acids is 1. The van der Waals surface area contributed by atoms with Crippen molar-refractivity contribution >= 4 is 5.91 Å². The molecule has 0 fully saturated rings. The first-order valence-corrected chi connectivity index (χ1v) is 8.58. The number of pyridine rings is 1. The van der Waals surface area contributed by atoms with Gasteiger partial charge in [0.1, 0.15) is 12.2 Å². The zero-order chi connectivity index (χ0) is 17.6. The molecule has 0 saturated carbocycles. The van der Waals surface area contributed by atoms with Crippen LogP contribution in [0, 0.1) is 6.92 Å². The fourth-order valence-corrected chi connectivity index (χ4v) is 2.96. The molecule has 1 amide bonds. The SMILES string of the molecule is Cc1noc(-c2cccc(=O)n2CC(=O)NCCC2=CCCCC2)n1. The van der Waals surface area contributed by atoms with Crippen LogP contribution in [0.15, 0.2) is 39.2 Å². The number of nitrogens with one attached hydrogen (secondary N) is 1. The number of aryl methyl sites for hydroxylation is 1. The van der Waals surface area contributed by atoms with Gasteiger partial charge in [0.05, 0.1) is 0 Å². The van der Waals surface area contributed by atoms with E-state index in [1.54, 1.807) is 19.1 Å². The Hall–Kier alpha value is -2.70.